The van der Waals surface area contributed by atoms with Crippen LogP contribution in [0.2, 0.25) is 0 Å². The Labute approximate surface area is 172 Å². The summed E-state index contributed by atoms with van der Waals surface area (Å²) in [6, 6.07) is 4.12. The molecule has 1 aromatic rings. The van der Waals surface area contributed by atoms with E-state index in [-0.39, 0.29) is 17.8 Å². The molecular weight excluding hydrogens is 401 g/mol. The Morgan fingerprint density at radius 3 is 1.90 bits per heavy atom. The van der Waals surface area contributed by atoms with Gasteiger partial charge in [0.1, 0.15) is 5.69 Å². The van der Waals surface area contributed by atoms with E-state index < -0.39 is 18.0 Å². The highest BCUT2D eigenvalue weighted by atomic mass is 19.4. The molecule has 0 bridgehead atoms. The molecule has 2 fully saturated rings. The Morgan fingerprint density at radius 2 is 1.40 bits per heavy atom. The molecular formula is C19H25F3N6O2. The first-order chi connectivity index (χ1) is 14.5. The maximum absolute atomic E-state index is 13.1. The third-order valence-corrected chi connectivity index (χ3v) is 5.19. The lowest BCUT2D eigenvalue weighted by Crippen LogP contribution is -2.55. The molecule has 0 aromatic carbocycles. The third-order valence-electron chi connectivity index (χ3n) is 5.19. The van der Waals surface area contributed by atoms with Gasteiger partial charge in [0.2, 0.25) is 11.9 Å². The van der Waals surface area contributed by atoms with Gasteiger partial charge in [-0.25, -0.2) is 15.0 Å². The number of rotatable bonds is 3. The van der Waals surface area contributed by atoms with Gasteiger partial charge in [-0.2, -0.15) is 13.2 Å². The number of aromatic nitrogens is 1. The minimum absolute atomic E-state index is 0.142. The molecule has 8 nitrogen and oxygen atoms in total. The average Bonchev–Trinajstić information content (AvgIpc) is 2.74. The fourth-order valence-corrected chi connectivity index (χ4v) is 3.55. The zero-order valence-electron chi connectivity index (χ0n) is 16.4. The minimum Gasteiger partial charge on any atom is -0.381 e. The number of pyridine rings is 1. The molecule has 4 rings (SSSR count). The molecule has 0 atom stereocenters. The number of nitrogens with one attached hydrogen (secondary N) is 3. The van der Waals surface area contributed by atoms with Crippen LogP contribution >= 0.6 is 0 Å². The monoisotopic (exact) mass is 426 g/mol. The predicted molar refractivity (Wildman–Crippen MR) is 104 cm³/mol. The van der Waals surface area contributed by atoms with Crippen molar-refractivity contribution < 1.29 is 22.6 Å². The van der Waals surface area contributed by atoms with Crippen LogP contribution in [0, 0.1) is 0 Å². The van der Waals surface area contributed by atoms with Crippen molar-refractivity contribution in [2.75, 3.05) is 26.4 Å². The van der Waals surface area contributed by atoms with E-state index >= 15 is 0 Å². The third kappa shape index (κ3) is 5.39. The average molecular weight is 426 g/mol. The molecule has 1 aromatic heterocycles. The van der Waals surface area contributed by atoms with Crippen LogP contribution in [0.15, 0.2) is 28.2 Å². The lowest BCUT2D eigenvalue weighted by atomic mass is 10.1. The number of halogens is 3. The van der Waals surface area contributed by atoms with Gasteiger partial charge >= 0.3 is 6.18 Å². The first-order valence-electron chi connectivity index (χ1n) is 10.1. The van der Waals surface area contributed by atoms with Gasteiger partial charge in [-0.1, -0.05) is 6.07 Å². The van der Waals surface area contributed by atoms with Crippen LogP contribution in [0.1, 0.15) is 43.2 Å². The predicted octanol–water partition coefficient (Wildman–Crippen LogP) is 1.95. The van der Waals surface area contributed by atoms with E-state index in [9.17, 15) is 13.2 Å². The van der Waals surface area contributed by atoms with E-state index in [4.69, 9.17) is 9.47 Å². The maximum Gasteiger partial charge on any atom is 0.433 e. The molecule has 3 aliphatic rings. The van der Waals surface area contributed by atoms with Crippen molar-refractivity contribution in [3.63, 3.8) is 0 Å². The Morgan fingerprint density at radius 1 is 0.867 bits per heavy atom. The second kappa shape index (κ2) is 9.17. The largest absolute Gasteiger partial charge is 0.433 e. The lowest BCUT2D eigenvalue weighted by molar-refractivity contribution is -0.141. The number of aliphatic imine (C=N–C) groups is 2. The van der Waals surface area contributed by atoms with Crippen molar-refractivity contribution in [1.82, 2.24) is 20.9 Å². The molecule has 4 heterocycles. The summed E-state index contributed by atoms with van der Waals surface area (Å²) in [5.41, 5.74) is -0.814. The zero-order valence-corrected chi connectivity index (χ0v) is 16.4. The van der Waals surface area contributed by atoms with Crippen molar-refractivity contribution >= 4 is 11.9 Å². The topological polar surface area (TPSA) is 92.2 Å². The molecule has 0 spiro atoms. The summed E-state index contributed by atoms with van der Waals surface area (Å²) in [6.07, 6.45) is -2.10. The van der Waals surface area contributed by atoms with E-state index in [0.717, 1.165) is 31.7 Å². The number of hydrogen-bond donors (Lipinski definition) is 3. The van der Waals surface area contributed by atoms with Crippen LogP contribution < -0.4 is 16.0 Å². The molecule has 0 unspecified atom stereocenters. The normalized spacial score (nSPS) is 22.1. The second-order valence-corrected chi connectivity index (χ2v) is 7.46. The van der Waals surface area contributed by atoms with Crippen molar-refractivity contribution in [2.24, 2.45) is 9.98 Å². The van der Waals surface area contributed by atoms with E-state index in [2.05, 4.69) is 30.9 Å². The van der Waals surface area contributed by atoms with Crippen LogP contribution in [0.5, 0.6) is 0 Å². The van der Waals surface area contributed by atoms with Crippen LogP contribution in [0.3, 0.4) is 0 Å². The number of guanidine groups is 2. The van der Waals surface area contributed by atoms with Crippen LogP contribution in [-0.2, 0) is 15.7 Å². The van der Waals surface area contributed by atoms with Crippen LogP contribution in [0.25, 0.3) is 0 Å². The highest BCUT2D eigenvalue weighted by Crippen LogP contribution is 2.29. The molecule has 0 amide bonds. The summed E-state index contributed by atoms with van der Waals surface area (Å²) in [5.74, 6) is 0.936. The minimum atomic E-state index is -4.53. The standard InChI is InChI=1S/C19H25F3N6O2/c20-19(21,22)15-3-1-2-14(25-15)16-26-17(23-12-4-8-29-9-5-12)28-18(27-16)24-13-6-10-30-11-7-13/h1-3,12-13,16H,4-11H2,(H3,23,24,26,27,28). The van der Waals surface area contributed by atoms with Gasteiger partial charge in [-0.3, -0.25) is 5.32 Å². The summed E-state index contributed by atoms with van der Waals surface area (Å²) in [7, 11) is 0. The van der Waals surface area contributed by atoms with E-state index in [1.54, 1.807) is 0 Å². The first-order valence-corrected chi connectivity index (χ1v) is 10.1. The number of nitrogens with zero attached hydrogens (tertiary/aromatic N) is 3. The summed E-state index contributed by atoms with van der Waals surface area (Å²) in [4.78, 5) is 12.7. The Balaban J connectivity index is 1.56. The van der Waals surface area contributed by atoms with Crippen LogP contribution in [0.4, 0.5) is 13.2 Å². The Bertz CT molecular complexity index is 753. The SMILES string of the molecule is FC(F)(F)c1cccc(C2N=C(NC3CCOCC3)NC(NC3CCOCC3)=N2)n1. The lowest BCUT2D eigenvalue weighted by Gasteiger charge is -2.30. The molecule has 0 aliphatic carbocycles. The Hall–Kier alpha value is -2.40. The first kappa shape index (κ1) is 20.9. The summed E-state index contributed by atoms with van der Waals surface area (Å²) < 4.78 is 50.1. The van der Waals surface area contributed by atoms with Crippen molar-refractivity contribution in [1.29, 1.82) is 0 Å². The van der Waals surface area contributed by atoms with Gasteiger partial charge in [0.05, 0.1) is 5.69 Å². The smallest absolute Gasteiger partial charge is 0.381 e. The molecule has 30 heavy (non-hydrogen) atoms. The fourth-order valence-electron chi connectivity index (χ4n) is 3.55. The summed E-state index contributed by atoms with van der Waals surface area (Å²) in [6.45, 7) is 2.63. The van der Waals surface area contributed by atoms with E-state index in [1.807, 2.05) is 0 Å². The van der Waals surface area contributed by atoms with Crippen LogP contribution in [-0.4, -0.2) is 55.4 Å². The molecule has 3 N–H and O–H groups in total. The van der Waals surface area contributed by atoms with Crippen molar-refractivity contribution in [3.05, 3.63) is 29.6 Å². The number of ether oxygens (including phenoxy) is 2. The molecule has 2 saturated heterocycles. The molecule has 0 radical (unpaired) electrons. The van der Waals surface area contributed by atoms with Gasteiger partial charge in [-0.05, 0) is 37.8 Å². The highest BCUT2D eigenvalue weighted by molar-refractivity contribution is 6.00. The van der Waals surface area contributed by atoms with E-state index in [0.29, 0.717) is 38.3 Å². The number of hydrogen-bond acceptors (Lipinski definition) is 8. The van der Waals surface area contributed by atoms with Crippen molar-refractivity contribution in [3.8, 4) is 0 Å². The van der Waals surface area contributed by atoms with Gasteiger partial charge in [0.15, 0.2) is 6.17 Å². The zero-order chi connectivity index (χ0) is 21.0. The second-order valence-electron chi connectivity index (χ2n) is 7.46. The van der Waals surface area contributed by atoms with Gasteiger partial charge in [-0.15, -0.1) is 0 Å². The van der Waals surface area contributed by atoms with Gasteiger partial charge in [0.25, 0.3) is 0 Å². The van der Waals surface area contributed by atoms with Crippen molar-refractivity contribution in [2.45, 2.75) is 50.1 Å². The quantitative estimate of drug-likeness (QED) is 0.684. The molecule has 0 saturated carbocycles. The maximum atomic E-state index is 13.1. The molecule has 3 aliphatic heterocycles. The summed E-state index contributed by atoms with van der Waals surface area (Å²) in [5, 5.41) is 9.80. The highest BCUT2D eigenvalue weighted by Gasteiger charge is 2.33. The molecule has 11 heteroatoms. The Kier molecular flexibility index (Phi) is 6.38. The fraction of sp³-hybridized carbons (Fsp3) is 0.632. The van der Waals surface area contributed by atoms with Gasteiger partial charge < -0.3 is 20.1 Å². The van der Waals surface area contributed by atoms with Gasteiger partial charge in [0, 0.05) is 38.5 Å². The molecule has 164 valence electrons. The van der Waals surface area contributed by atoms with E-state index in [1.165, 1.54) is 12.1 Å². The number of alkyl halides is 3. The summed E-state index contributed by atoms with van der Waals surface area (Å²) >= 11 is 0.